The molecule has 0 saturated carbocycles. The van der Waals surface area contributed by atoms with Crippen molar-refractivity contribution in [2.24, 2.45) is 5.41 Å². The van der Waals surface area contributed by atoms with E-state index in [1.54, 1.807) is 0 Å². The Morgan fingerprint density at radius 3 is 2.94 bits per heavy atom. The van der Waals surface area contributed by atoms with Gasteiger partial charge in [0.15, 0.2) is 0 Å². The molecule has 4 heteroatoms. The second-order valence-electron chi connectivity index (χ2n) is 4.71. The van der Waals surface area contributed by atoms with Gasteiger partial charge in [0.2, 0.25) is 5.91 Å². The molecule has 94 valence electrons. The van der Waals surface area contributed by atoms with Gasteiger partial charge in [0.05, 0.1) is 5.41 Å². The van der Waals surface area contributed by atoms with Crippen LogP contribution in [-0.2, 0) is 9.53 Å². The molecule has 0 aromatic rings. The van der Waals surface area contributed by atoms with Crippen LogP contribution in [0.2, 0.25) is 0 Å². The van der Waals surface area contributed by atoms with Crippen molar-refractivity contribution in [1.82, 2.24) is 10.6 Å². The summed E-state index contributed by atoms with van der Waals surface area (Å²) in [5.41, 5.74) is -0.204. The molecule has 16 heavy (non-hydrogen) atoms. The van der Waals surface area contributed by atoms with E-state index in [4.69, 9.17) is 4.74 Å². The highest BCUT2D eigenvalue weighted by Crippen LogP contribution is 2.24. The summed E-state index contributed by atoms with van der Waals surface area (Å²) >= 11 is 0. The summed E-state index contributed by atoms with van der Waals surface area (Å²) in [6.45, 7) is 8.14. The molecule has 0 aromatic heterocycles. The zero-order chi connectivity index (χ0) is 11.9. The number of hydrogen-bond acceptors (Lipinski definition) is 3. The zero-order valence-electron chi connectivity index (χ0n) is 10.5. The van der Waals surface area contributed by atoms with E-state index in [0.29, 0.717) is 0 Å². The maximum atomic E-state index is 11.9. The van der Waals surface area contributed by atoms with Crippen molar-refractivity contribution in [3.8, 4) is 0 Å². The van der Waals surface area contributed by atoms with Crippen LogP contribution in [0, 0.1) is 5.41 Å². The van der Waals surface area contributed by atoms with Gasteiger partial charge in [0, 0.05) is 26.3 Å². The minimum Gasteiger partial charge on any atom is -0.381 e. The normalized spacial score (nSPS) is 24.6. The summed E-state index contributed by atoms with van der Waals surface area (Å²) in [5, 5.41) is 6.21. The molecule has 1 aliphatic rings. The molecule has 0 aromatic carbocycles. The molecule has 0 aliphatic carbocycles. The van der Waals surface area contributed by atoms with E-state index in [1.807, 2.05) is 6.92 Å². The van der Waals surface area contributed by atoms with E-state index >= 15 is 0 Å². The summed E-state index contributed by atoms with van der Waals surface area (Å²) in [6.07, 6.45) is 2.89. The maximum Gasteiger partial charge on any atom is 0.227 e. The first kappa shape index (κ1) is 13.5. The van der Waals surface area contributed by atoms with E-state index in [1.165, 1.54) is 0 Å². The van der Waals surface area contributed by atoms with Gasteiger partial charge in [-0.05, 0) is 32.7 Å². The highest BCUT2D eigenvalue weighted by atomic mass is 16.5. The molecule has 0 spiro atoms. The first-order valence-electron chi connectivity index (χ1n) is 6.26. The van der Waals surface area contributed by atoms with E-state index in [2.05, 4.69) is 17.6 Å². The van der Waals surface area contributed by atoms with Crippen molar-refractivity contribution in [2.45, 2.75) is 33.1 Å². The highest BCUT2D eigenvalue weighted by Gasteiger charge is 2.35. The summed E-state index contributed by atoms with van der Waals surface area (Å²) in [6, 6.07) is 0. The number of hydrogen-bond donors (Lipinski definition) is 2. The Morgan fingerprint density at radius 1 is 1.50 bits per heavy atom. The van der Waals surface area contributed by atoms with Crippen LogP contribution in [0.5, 0.6) is 0 Å². The predicted molar refractivity (Wildman–Crippen MR) is 64.3 cm³/mol. The molecule has 0 radical (unpaired) electrons. The van der Waals surface area contributed by atoms with Gasteiger partial charge in [0.25, 0.3) is 0 Å². The molecule has 2 N–H and O–H groups in total. The molecule has 1 aliphatic heterocycles. The van der Waals surface area contributed by atoms with Crippen molar-refractivity contribution >= 4 is 5.91 Å². The predicted octanol–water partition coefficient (Wildman–Crippen LogP) is 0.919. The monoisotopic (exact) mass is 228 g/mol. The molecular formula is C12H24N2O2. The molecule has 1 fully saturated rings. The third-order valence-electron chi connectivity index (χ3n) is 3.02. The van der Waals surface area contributed by atoms with Crippen LogP contribution in [0.3, 0.4) is 0 Å². The summed E-state index contributed by atoms with van der Waals surface area (Å²) in [7, 11) is 0. The lowest BCUT2D eigenvalue weighted by molar-refractivity contribution is -0.129. The number of rotatable bonds is 7. The maximum absolute atomic E-state index is 11.9. The van der Waals surface area contributed by atoms with Gasteiger partial charge in [-0.1, -0.05) is 6.92 Å². The molecule has 1 rings (SSSR count). The molecule has 1 heterocycles. The quantitative estimate of drug-likeness (QED) is 0.637. The number of amides is 1. The Hall–Kier alpha value is -0.610. The van der Waals surface area contributed by atoms with Crippen LogP contribution in [0.4, 0.5) is 0 Å². The largest absolute Gasteiger partial charge is 0.381 e. The van der Waals surface area contributed by atoms with Crippen molar-refractivity contribution in [2.75, 3.05) is 32.8 Å². The van der Waals surface area contributed by atoms with Gasteiger partial charge in [-0.15, -0.1) is 0 Å². The number of carbonyl (C=O) groups excluding carboxylic acids is 1. The number of nitrogens with one attached hydrogen (secondary N) is 2. The lowest BCUT2D eigenvalue weighted by atomic mass is 9.89. The SMILES string of the molecule is CCCOCCCNC(=O)C1(C)CCNC1. The van der Waals surface area contributed by atoms with Crippen LogP contribution in [-0.4, -0.2) is 38.8 Å². The van der Waals surface area contributed by atoms with E-state index in [-0.39, 0.29) is 11.3 Å². The standard InChI is InChI=1S/C12H24N2O2/c1-3-8-16-9-4-6-14-11(15)12(2)5-7-13-10-12/h13H,3-10H2,1-2H3,(H,14,15). The summed E-state index contributed by atoms with van der Waals surface area (Å²) < 4.78 is 5.35. The molecular weight excluding hydrogens is 204 g/mol. The van der Waals surface area contributed by atoms with Gasteiger partial charge in [0.1, 0.15) is 0 Å². The van der Waals surface area contributed by atoms with Crippen LogP contribution in [0.15, 0.2) is 0 Å². The molecule has 1 saturated heterocycles. The third-order valence-corrected chi connectivity index (χ3v) is 3.02. The first-order chi connectivity index (χ1) is 7.69. The molecule has 4 nitrogen and oxygen atoms in total. The fraction of sp³-hybridized carbons (Fsp3) is 0.917. The number of ether oxygens (including phenoxy) is 1. The van der Waals surface area contributed by atoms with Gasteiger partial charge in [-0.25, -0.2) is 0 Å². The average Bonchev–Trinajstić information content (AvgIpc) is 2.71. The van der Waals surface area contributed by atoms with Crippen molar-refractivity contribution < 1.29 is 9.53 Å². The Morgan fingerprint density at radius 2 is 2.31 bits per heavy atom. The van der Waals surface area contributed by atoms with Crippen LogP contribution in [0.25, 0.3) is 0 Å². The van der Waals surface area contributed by atoms with Gasteiger partial charge < -0.3 is 15.4 Å². The van der Waals surface area contributed by atoms with Crippen molar-refractivity contribution in [1.29, 1.82) is 0 Å². The van der Waals surface area contributed by atoms with Crippen molar-refractivity contribution in [3.05, 3.63) is 0 Å². The van der Waals surface area contributed by atoms with Crippen LogP contribution >= 0.6 is 0 Å². The fourth-order valence-electron chi connectivity index (χ4n) is 1.85. The Balaban J connectivity index is 2.06. The fourth-order valence-corrected chi connectivity index (χ4v) is 1.85. The topological polar surface area (TPSA) is 50.4 Å². The summed E-state index contributed by atoms with van der Waals surface area (Å²) in [4.78, 5) is 11.9. The Bertz CT molecular complexity index is 213. The molecule has 1 amide bonds. The number of carbonyl (C=O) groups is 1. The van der Waals surface area contributed by atoms with E-state index in [9.17, 15) is 4.79 Å². The minimum atomic E-state index is -0.204. The Kier molecular flexibility index (Phi) is 5.77. The molecule has 0 bridgehead atoms. The van der Waals surface area contributed by atoms with Crippen LogP contribution in [0.1, 0.15) is 33.1 Å². The lowest BCUT2D eigenvalue weighted by Crippen LogP contribution is -2.40. The molecule has 1 unspecified atom stereocenters. The molecule has 1 atom stereocenters. The minimum absolute atomic E-state index is 0.174. The van der Waals surface area contributed by atoms with Gasteiger partial charge in [-0.2, -0.15) is 0 Å². The smallest absolute Gasteiger partial charge is 0.227 e. The zero-order valence-corrected chi connectivity index (χ0v) is 10.5. The van der Waals surface area contributed by atoms with Gasteiger partial charge >= 0.3 is 0 Å². The third kappa shape index (κ3) is 4.10. The van der Waals surface area contributed by atoms with Crippen LogP contribution < -0.4 is 10.6 Å². The van der Waals surface area contributed by atoms with E-state index < -0.39 is 0 Å². The second-order valence-corrected chi connectivity index (χ2v) is 4.71. The van der Waals surface area contributed by atoms with E-state index in [0.717, 1.165) is 52.1 Å². The van der Waals surface area contributed by atoms with Gasteiger partial charge in [-0.3, -0.25) is 4.79 Å². The lowest BCUT2D eigenvalue weighted by Gasteiger charge is -2.21. The van der Waals surface area contributed by atoms with Crippen molar-refractivity contribution in [3.63, 3.8) is 0 Å². The highest BCUT2D eigenvalue weighted by molar-refractivity contribution is 5.82. The summed E-state index contributed by atoms with van der Waals surface area (Å²) in [5.74, 6) is 0.174. The second kappa shape index (κ2) is 6.86. The first-order valence-corrected chi connectivity index (χ1v) is 6.26. The average molecular weight is 228 g/mol. The Labute approximate surface area is 98.1 Å².